The molecule has 196 valence electrons. The highest BCUT2D eigenvalue weighted by Gasteiger charge is 2.18. The number of hydrogen-bond acceptors (Lipinski definition) is 15. The fourth-order valence-corrected chi connectivity index (χ4v) is 7.12. The SMILES string of the molecule is NC1=NC(Cc2cncs2)CS1.NC1=NC(Cc2cncs2)CS1.NC1=N[C@H](Cc2cnccn2)CS1. The van der Waals surface area contributed by atoms with Crippen molar-refractivity contribution in [2.75, 3.05) is 17.3 Å². The first-order chi connectivity index (χ1) is 18.0. The second-order valence-corrected chi connectivity index (χ2v) is 13.1. The standard InChI is InChI=1S/C8H10N4S.2C7H9N3S2/c9-8-12-7(5-13-8)3-6-4-10-1-2-11-6;2*8-7-10-5(3-11-7)1-6-2-9-4-12-6/h1-2,4,7H,3,5H2,(H2,9,12);2*2,4-5H,1,3H2,(H2,8,10)/t7-;;/m1../s1. The van der Waals surface area contributed by atoms with Crippen LogP contribution >= 0.6 is 58.0 Å². The molecule has 0 aliphatic carbocycles. The minimum absolute atomic E-state index is 0.279. The summed E-state index contributed by atoms with van der Waals surface area (Å²) in [5, 5.41) is 2.14. The van der Waals surface area contributed by atoms with Crippen LogP contribution in [0.25, 0.3) is 0 Å². The van der Waals surface area contributed by atoms with Crippen LogP contribution < -0.4 is 17.2 Å². The van der Waals surface area contributed by atoms with Crippen LogP contribution in [0.4, 0.5) is 0 Å². The molecule has 2 unspecified atom stereocenters. The number of aliphatic imine (C=N–C) groups is 3. The number of aromatic nitrogens is 4. The number of thioether (sulfide) groups is 3. The van der Waals surface area contributed by atoms with Gasteiger partial charge in [0.2, 0.25) is 0 Å². The Labute approximate surface area is 236 Å². The van der Waals surface area contributed by atoms with Gasteiger partial charge in [-0.1, -0.05) is 35.3 Å². The van der Waals surface area contributed by atoms with Gasteiger partial charge in [-0.3, -0.25) is 34.9 Å². The van der Waals surface area contributed by atoms with Crippen LogP contribution in [0.2, 0.25) is 0 Å². The van der Waals surface area contributed by atoms with Crippen molar-refractivity contribution < 1.29 is 0 Å². The van der Waals surface area contributed by atoms with Crippen LogP contribution in [0, 0.1) is 0 Å². The second-order valence-electron chi connectivity index (χ2n) is 8.04. The van der Waals surface area contributed by atoms with Gasteiger partial charge in [-0.15, -0.1) is 22.7 Å². The highest BCUT2D eigenvalue weighted by Crippen LogP contribution is 2.21. The summed E-state index contributed by atoms with van der Waals surface area (Å²) in [4.78, 5) is 31.7. The number of nitrogens with two attached hydrogens (primary N) is 3. The summed E-state index contributed by atoms with van der Waals surface area (Å²) in [5.41, 5.74) is 21.3. The van der Waals surface area contributed by atoms with E-state index in [1.165, 1.54) is 9.75 Å². The van der Waals surface area contributed by atoms with Gasteiger partial charge in [0.05, 0.1) is 34.8 Å². The predicted molar refractivity (Wildman–Crippen MR) is 161 cm³/mol. The Morgan fingerprint density at radius 1 is 0.622 bits per heavy atom. The van der Waals surface area contributed by atoms with Gasteiger partial charge in [0, 0.05) is 77.3 Å². The molecule has 0 radical (unpaired) electrons. The van der Waals surface area contributed by atoms with Gasteiger partial charge in [-0.05, 0) is 0 Å². The Hall–Kier alpha value is -2.20. The van der Waals surface area contributed by atoms with E-state index in [9.17, 15) is 0 Å². The first-order valence-electron chi connectivity index (χ1n) is 11.4. The lowest BCUT2D eigenvalue weighted by Crippen LogP contribution is -2.09. The molecule has 0 saturated heterocycles. The molecule has 3 aromatic rings. The zero-order chi connectivity index (χ0) is 25.9. The summed E-state index contributed by atoms with van der Waals surface area (Å²) >= 11 is 8.24. The Morgan fingerprint density at radius 3 is 1.46 bits per heavy atom. The molecule has 0 bridgehead atoms. The predicted octanol–water partition coefficient (Wildman–Crippen LogP) is 2.68. The molecule has 0 amide bonds. The van der Waals surface area contributed by atoms with E-state index in [4.69, 9.17) is 17.2 Å². The quantitative estimate of drug-likeness (QED) is 0.387. The molecule has 0 aromatic carbocycles. The normalized spacial score (nSPS) is 22.3. The van der Waals surface area contributed by atoms with Crippen LogP contribution in [0.15, 0.2) is 57.0 Å². The molecule has 6 rings (SSSR count). The number of amidine groups is 3. The number of rotatable bonds is 6. The van der Waals surface area contributed by atoms with Crippen LogP contribution in [-0.4, -0.2) is 70.8 Å². The van der Waals surface area contributed by atoms with Crippen molar-refractivity contribution in [3.63, 3.8) is 0 Å². The summed E-state index contributed by atoms with van der Waals surface area (Å²) in [7, 11) is 0. The van der Waals surface area contributed by atoms with Crippen molar-refractivity contribution in [2.45, 2.75) is 37.4 Å². The number of hydrogen-bond donors (Lipinski definition) is 3. The summed E-state index contributed by atoms with van der Waals surface area (Å²) in [6.45, 7) is 0. The van der Waals surface area contributed by atoms with Gasteiger partial charge >= 0.3 is 0 Å². The molecular formula is C22H28N10S5. The summed E-state index contributed by atoms with van der Waals surface area (Å²) in [6.07, 6.45) is 11.8. The molecule has 15 heteroatoms. The first kappa shape index (κ1) is 27.8. The monoisotopic (exact) mass is 592 g/mol. The van der Waals surface area contributed by atoms with E-state index >= 15 is 0 Å². The molecule has 6 N–H and O–H groups in total. The van der Waals surface area contributed by atoms with Gasteiger partial charge in [0.15, 0.2) is 15.5 Å². The third-order valence-corrected chi connectivity index (χ3v) is 9.56. The van der Waals surface area contributed by atoms with Gasteiger partial charge in [-0.25, -0.2) is 0 Å². The summed E-state index contributed by atoms with van der Waals surface area (Å²) in [5.74, 6) is 3.00. The zero-order valence-electron chi connectivity index (χ0n) is 19.9. The van der Waals surface area contributed by atoms with E-state index in [2.05, 4.69) is 34.9 Å². The van der Waals surface area contributed by atoms with Crippen LogP contribution in [-0.2, 0) is 19.3 Å². The van der Waals surface area contributed by atoms with Gasteiger partial charge in [0.25, 0.3) is 0 Å². The maximum atomic E-state index is 5.56. The fourth-order valence-electron chi connectivity index (χ4n) is 3.45. The Morgan fingerprint density at radius 2 is 1.11 bits per heavy atom. The summed E-state index contributed by atoms with van der Waals surface area (Å²) in [6, 6.07) is 1.02. The Kier molecular flexibility index (Phi) is 11.0. The third-order valence-electron chi connectivity index (χ3n) is 5.10. The summed E-state index contributed by atoms with van der Waals surface area (Å²) < 4.78 is 0. The average molecular weight is 593 g/mol. The van der Waals surface area contributed by atoms with Crippen molar-refractivity contribution in [3.05, 3.63) is 57.5 Å². The van der Waals surface area contributed by atoms with Crippen molar-refractivity contribution >= 4 is 73.5 Å². The van der Waals surface area contributed by atoms with E-state index in [-0.39, 0.29) is 6.04 Å². The molecular weight excluding hydrogens is 565 g/mol. The largest absolute Gasteiger partial charge is 0.379 e. The number of nitrogens with zero attached hydrogens (tertiary/aromatic N) is 7. The van der Waals surface area contributed by atoms with Crippen molar-refractivity contribution in [1.29, 1.82) is 0 Å². The molecule has 3 aliphatic rings. The first-order valence-corrected chi connectivity index (χ1v) is 16.1. The molecule has 3 aliphatic heterocycles. The molecule has 10 nitrogen and oxygen atoms in total. The lowest BCUT2D eigenvalue weighted by molar-refractivity contribution is 0.740. The molecule has 0 spiro atoms. The van der Waals surface area contributed by atoms with E-state index in [1.54, 1.807) is 76.5 Å². The molecule has 3 atom stereocenters. The molecule has 0 fully saturated rings. The highest BCUT2D eigenvalue weighted by molar-refractivity contribution is 8.14. The van der Waals surface area contributed by atoms with E-state index in [0.717, 1.165) is 52.6 Å². The van der Waals surface area contributed by atoms with Gasteiger partial charge in [-0.2, -0.15) is 0 Å². The maximum absolute atomic E-state index is 5.56. The lowest BCUT2D eigenvalue weighted by atomic mass is 10.2. The number of thiazole rings is 2. The maximum Gasteiger partial charge on any atom is 0.154 e. The third kappa shape index (κ3) is 9.89. The highest BCUT2D eigenvalue weighted by atomic mass is 32.2. The molecule has 0 saturated carbocycles. The van der Waals surface area contributed by atoms with E-state index in [1.807, 2.05) is 23.4 Å². The van der Waals surface area contributed by atoms with Gasteiger partial charge < -0.3 is 17.2 Å². The zero-order valence-corrected chi connectivity index (χ0v) is 24.0. The minimum atomic E-state index is 0.279. The van der Waals surface area contributed by atoms with Crippen LogP contribution in [0.5, 0.6) is 0 Å². The molecule has 6 heterocycles. The smallest absolute Gasteiger partial charge is 0.154 e. The second kappa shape index (κ2) is 14.7. The lowest BCUT2D eigenvalue weighted by Gasteiger charge is -2.02. The van der Waals surface area contributed by atoms with E-state index in [0.29, 0.717) is 17.3 Å². The Bertz CT molecular complexity index is 1110. The van der Waals surface area contributed by atoms with Crippen molar-refractivity contribution in [1.82, 2.24) is 19.9 Å². The Balaban J connectivity index is 0.000000130. The molecule has 37 heavy (non-hydrogen) atoms. The minimum Gasteiger partial charge on any atom is -0.379 e. The molecule has 3 aromatic heterocycles. The topological polar surface area (TPSA) is 167 Å². The van der Waals surface area contributed by atoms with Gasteiger partial charge in [0.1, 0.15) is 0 Å². The van der Waals surface area contributed by atoms with Crippen LogP contribution in [0.3, 0.4) is 0 Å². The van der Waals surface area contributed by atoms with E-state index < -0.39 is 0 Å². The average Bonchev–Trinajstić information content (AvgIpc) is 3.72. The van der Waals surface area contributed by atoms with Crippen molar-refractivity contribution in [2.24, 2.45) is 32.2 Å². The fraction of sp³-hybridized carbons (Fsp3) is 0.409. The van der Waals surface area contributed by atoms with Crippen molar-refractivity contribution in [3.8, 4) is 0 Å². The van der Waals surface area contributed by atoms with Crippen LogP contribution in [0.1, 0.15) is 15.4 Å².